The van der Waals surface area contributed by atoms with Gasteiger partial charge in [0.1, 0.15) is 0 Å². The van der Waals surface area contributed by atoms with Gasteiger partial charge in [-0.25, -0.2) is 4.90 Å². The normalized spacial score (nSPS) is 20.0. The highest BCUT2D eigenvalue weighted by Gasteiger charge is 2.32. The van der Waals surface area contributed by atoms with E-state index in [0.29, 0.717) is 0 Å². The number of rotatable bonds is 2. The monoisotopic (exact) mass is 197 g/mol. The Kier molecular flexibility index (Phi) is 3.01. The van der Waals surface area contributed by atoms with Crippen LogP contribution in [0.25, 0.3) is 0 Å². The van der Waals surface area contributed by atoms with E-state index < -0.39 is 18.1 Å². The second-order valence-corrected chi connectivity index (χ2v) is 2.81. The molecule has 1 rings (SSSR count). The first kappa shape index (κ1) is 10.4. The predicted octanol–water partition coefficient (Wildman–Crippen LogP) is 0.211. The van der Waals surface area contributed by atoms with Gasteiger partial charge >= 0.3 is 5.97 Å². The zero-order chi connectivity index (χ0) is 10.7. The second-order valence-electron chi connectivity index (χ2n) is 2.81. The van der Waals surface area contributed by atoms with E-state index in [1.807, 2.05) is 0 Å². The highest BCUT2D eigenvalue weighted by atomic mass is 16.6. The van der Waals surface area contributed by atoms with Crippen LogP contribution in [0.1, 0.15) is 20.3 Å². The molecule has 2 amide bonds. The SMILES string of the molecule is CCC(=O)N1C(=O)C=CC1OC(C)=O. The molecule has 1 heterocycles. The van der Waals surface area contributed by atoms with Crippen molar-refractivity contribution in [1.29, 1.82) is 0 Å². The van der Waals surface area contributed by atoms with Gasteiger partial charge in [-0.3, -0.25) is 14.4 Å². The fraction of sp³-hybridized carbons (Fsp3) is 0.444. The summed E-state index contributed by atoms with van der Waals surface area (Å²) in [6, 6.07) is 0. The average Bonchev–Trinajstić information content (AvgIpc) is 2.45. The van der Waals surface area contributed by atoms with E-state index in [1.165, 1.54) is 19.1 Å². The van der Waals surface area contributed by atoms with Gasteiger partial charge in [0.25, 0.3) is 5.91 Å². The molecular formula is C9H11NO4. The summed E-state index contributed by atoms with van der Waals surface area (Å²) in [5.41, 5.74) is 0. The number of carbonyl (C=O) groups excluding carboxylic acids is 3. The lowest BCUT2D eigenvalue weighted by atomic mass is 10.4. The van der Waals surface area contributed by atoms with Crippen LogP contribution in [0.3, 0.4) is 0 Å². The van der Waals surface area contributed by atoms with Crippen molar-refractivity contribution in [3.8, 4) is 0 Å². The molecule has 0 radical (unpaired) electrons. The second kappa shape index (κ2) is 4.04. The molecule has 0 saturated carbocycles. The van der Waals surface area contributed by atoms with E-state index in [0.717, 1.165) is 4.90 Å². The first-order valence-electron chi connectivity index (χ1n) is 4.27. The Balaban J connectivity index is 2.75. The molecule has 1 atom stereocenters. The van der Waals surface area contributed by atoms with Crippen molar-refractivity contribution in [3.63, 3.8) is 0 Å². The smallest absolute Gasteiger partial charge is 0.304 e. The van der Waals surface area contributed by atoms with Crippen LogP contribution in [-0.4, -0.2) is 28.9 Å². The number of hydrogen-bond donors (Lipinski definition) is 0. The summed E-state index contributed by atoms with van der Waals surface area (Å²) in [4.78, 5) is 34.1. The molecule has 1 aliphatic heterocycles. The topological polar surface area (TPSA) is 63.7 Å². The van der Waals surface area contributed by atoms with Gasteiger partial charge in [-0.1, -0.05) is 6.92 Å². The molecule has 0 saturated heterocycles. The Hall–Kier alpha value is -1.65. The lowest BCUT2D eigenvalue weighted by molar-refractivity contribution is -0.160. The molecule has 0 aliphatic carbocycles. The van der Waals surface area contributed by atoms with E-state index in [1.54, 1.807) is 6.92 Å². The minimum Gasteiger partial charge on any atom is -0.437 e. The van der Waals surface area contributed by atoms with Crippen LogP contribution in [0.15, 0.2) is 12.2 Å². The minimum atomic E-state index is -0.868. The Morgan fingerprint density at radius 3 is 2.71 bits per heavy atom. The molecule has 5 heteroatoms. The van der Waals surface area contributed by atoms with Crippen molar-refractivity contribution in [2.45, 2.75) is 26.5 Å². The number of carbonyl (C=O) groups is 3. The molecule has 1 aliphatic rings. The third-order valence-corrected chi connectivity index (χ3v) is 1.75. The first-order valence-corrected chi connectivity index (χ1v) is 4.27. The van der Waals surface area contributed by atoms with E-state index in [2.05, 4.69) is 0 Å². The van der Waals surface area contributed by atoms with Gasteiger partial charge in [0.2, 0.25) is 12.1 Å². The number of hydrogen-bond acceptors (Lipinski definition) is 4. The number of nitrogens with zero attached hydrogens (tertiary/aromatic N) is 1. The fourth-order valence-electron chi connectivity index (χ4n) is 1.15. The number of amides is 2. The summed E-state index contributed by atoms with van der Waals surface area (Å²) in [7, 11) is 0. The van der Waals surface area contributed by atoms with E-state index in [-0.39, 0.29) is 12.3 Å². The standard InChI is InChI=1S/C9H11NO4/c1-3-7(12)10-8(13)4-5-9(10)14-6(2)11/h4-5,9H,3H2,1-2H3. The van der Waals surface area contributed by atoms with Crippen LogP contribution in [-0.2, 0) is 19.1 Å². The summed E-state index contributed by atoms with van der Waals surface area (Å²) < 4.78 is 4.78. The van der Waals surface area contributed by atoms with Gasteiger partial charge in [0.15, 0.2) is 0 Å². The molecule has 76 valence electrons. The molecule has 0 bridgehead atoms. The molecule has 14 heavy (non-hydrogen) atoms. The Bertz CT molecular complexity index is 308. The maximum Gasteiger partial charge on any atom is 0.304 e. The molecule has 5 nitrogen and oxygen atoms in total. The molecule has 0 N–H and O–H groups in total. The molecule has 0 spiro atoms. The number of imide groups is 1. The highest BCUT2D eigenvalue weighted by molar-refractivity contribution is 6.03. The lowest BCUT2D eigenvalue weighted by Crippen LogP contribution is -2.41. The predicted molar refractivity (Wildman–Crippen MR) is 46.8 cm³/mol. The van der Waals surface area contributed by atoms with Crippen molar-refractivity contribution < 1.29 is 19.1 Å². The van der Waals surface area contributed by atoms with Crippen molar-refractivity contribution in [2.75, 3.05) is 0 Å². The zero-order valence-corrected chi connectivity index (χ0v) is 8.02. The van der Waals surface area contributed by atoms with Crippen LogP contribution < -0.4 is 0 Å². The Labute approximate surface area is 81.3 Å². The first-order chi connectivity index (χ1) is 6.56. The average molecular weight is 197 g/mol. The summed E-state index contributed by atoms with van der Waals surface area (Å²) in [5, 5.41) is 0. The largest absolute Gasteiger partial charge is 0.437 e. The molecule has 1 unspecified atom stereocenters. The Morgan fingerprint density at radius 2 is 2.21 bits per heavy atom. The zero-order valence-electron chi connectivity index (χ0n) is 8.02. The van der Waals surface area contributed by atoms with Crippen molar-refractivity contribution in [3.05, 3.63) is 12.2 Å². The summed E-state index contributed by atoms with van der Waals surface area (Å²) >= 11 is 0. The molecule has 0 fully saturated rings. The fourth-order valence-corrected chi connectivity index (χ4v) is 1.15. The minimum absolute atomic E-state index is 0.200. The van der Waals surface area contributed by atoms with Crippen molar-refractivity contribution in [1.82, 2.24) is 4.90 Å². The van der Waals surface area contributed by atoms with Gasteiger partial charge in [-0.2, -0.15) is 0 Å². The van der Waals surface area contributed by atoms with E-state index >= 15 is 0 Å². The summed E-state index contributed by atoms with van der Waals surface area (Å²) in [6.07, 6.45) is 1.94. The third kappa shape index (κ3) is 1.99. The lowest BCUT2D eigenvalue weighted by Gasteiger charge is -2.21. The van der Waals surface area contributed by atoms with Crippen LogP contribution in [0, 0.1) is 0 Å². The van der Waals surface area contributed by atoms with Gasteiger partial charge in [0.05, 0.1) is 0 Å². The quantitative estimate of drug-likeness (QED) is 0.593. The Morgan fingerprint density at radius 1 is 1.57 bits per heavy atom. The van der Waals surface area contributed by atoms with E-state index in [4.69, 9.17) is 4.74 Å². The molecule has 0 aromatic rings. The third-order valence-electron chi connectivity index (χ3n) is 1.75. The van der Waals surface area contributed by atoms with Gasteiger partial charge in [-0.05, 0) is 6.08 Å². The summed E-state index contributed by atoms with van der Waals surface area (Å²) in [5.74, 6) is -1.32. The molecular weight excluding hydrogens is 186 g/mol. The van der Waals surface area contributed by atoms with E-state index in [9.17, 15) is 14.4 Å². The highest BCUT2D eigenvalue weighted by Crippen LogP contribution is 2.13. The maximum atomic E-state index is 11.3. The molecule has 0 aromatic heterocycles. The van der Waals surface area contributed by atoms with Gasteiger partial charge in [0, 0.05) is 19.4 Å². The van der Waals surface area contributed by atoms with Gasteiger partial charge < -0.3 is 4.74 Å². The van der Waals surface area contributed by atoms with Crippen molar-refractivity contribution in [2.24, 2.45) is 0 Å². The maximum absolute atomic E-state index is 11.3. The van der Waals surface area contributed by atoms with Crippen LogP contribution in [0.4, 0.5) is 0 Å². The van der Waals surface area contributed by atoms with Gasteiger partial charge in [-0.15, -0.1) is 0 Å². The number of esters is 1. The van der Waals surface area contributed by atoms with Crippen molar-refractivity contribution >= 4 is 17.8 Å². The van der Waals surface area contributed by atoms with Crippen LogP contribution in [0.2, 0.25) is 0 Å². The van der Waals surface area contributed by atoms with Crippen LogP contribution in [0.5, 0.6) is 0 Å². The number of ether oxygens (including phenoxy) is 1. The molecule has 0 aromatic carbocycles. The van der Waals surface area contributed by atoms with Crippen LogP contribution >= 0.6 is 0 Å². The summed E-state index contributed by atoms with van der Waals surface area (Å²) in [6.45, 7) is 2.87.